The summed E-state index contributed by atoms with van der Waals surface area (Å²) >= 11 is 6.01. The van der Waals surface area contributed by atoms with Gasteiger partial charge in [-0.3, -0.25) is 9.59 Å². The van der Waals surface area contributed by atoms with E-state index in [2.05, 4.69) is 6.07 Å². The topological polar surface area (TPSA) is 79.6 Å². The molecular formula is C21H17ClN2O4. The van der Waals surface area contributed by atoms with Gasteiger partial charge in [0.05, 0.1) is 13.0 Å². The molecule has 1 heterocycles. The van der Waals surface area contributed by atoms with E-state index in [0.29, 0.717) is 16.5 Å². The molecule has 1 aliphatic rings. The highest BCUT2D eigenvalue weighted by Gasteiger charge is 2.36. The van der Waals surface area contributed by atoms with E-state index >= 15 is 0 Å². The van der Waals surface area contributed by atoms with Gasteiger partial charge in [-0.05, 0) is 23.8 Å². The standard InChI is InChI=1S/C21H17ClN2O4/c1-12(25)24(13(2)26)21-18(11-23)20(14-4-6-15(22)7-5-14)17-9-8-16(27-3)10-19(17)28-21/h4-10,20H,1-3H3. The number of imide groups is 1. The van der Waals surface area contributed by atoms with Gasteiger partial charge < -0.3 is 9.47 Å². The number of halogens is 1. The minimum absolute atomic E-state index is 0.0943. The normalized spacial score (nSPS) is 15.2. The Morgan fingerprint density at radius 3 is 2.32 bits per heavy atom. The van der Waals surface area contributed by atoms with E-state index in [-0.39, 0.29) is 11.5 Å². The van der Waals surface area contributed by atoms with Crippen LogP contribution in [0.1, 0.15) is 30.9 Å². The summed E-state index contributed by atoms with van der Waals surface area (Å²) in [5.41, 5.74) is 1.65. The fourth-order valence-electron chi connectivity index (χ4n) is 3.19. The molecule has 0 fully saturated rings. The van der Waals surface area contributed by atoms with E-state index in [4.69, 9.17) is 21.1 Å². The van der Waals surface area contributed by atoms with Crippen molar-refractivity contribution >= 4 is 23.4 Å². The van der Waals surface area contributed by atoms with Gasteiger partial charge >= 0.3 is 0 Å². The molecule has 1 aliphatic heterocycles. The first-order chi connectivity index (χ1) is 13.4. The molecule has 28 heavy (non-hydrogen) atoms. The quantitative estimate of drug-likeness (QED) is 0.783. The van der Waals surface area contributed by atoms with E-state index in [1.165, 1.54) is 21.0 Å². The number of hydrogen-bond acceptors (Lipinski definition) is 5. The molecule has 0 N–H and O–H groups in total. The summed E-state index contributed by atoms with van der Waals surface area (Å²) in [7, 11) is 1.52. The average molecular weight is 397 g/mol. The summed E-state index contributed by atoms with van der Waals surface area (Å²) in [6, 6.07) is 14.4. The van der Waals surface area contributed by atoms with Crippen molar-refractivity contribution in [2.24, 2.45) is 0 Å². The SMILES string of the molecule is COc1ccc2c(c1)OC(N(C(C)=O)C(C)=O)=C(C#N)C2c1ccc(Cl)cc1. The molecule has 0 bridgehead atoms. The Hall–Kier alpha value is -3.30. The predicted octanol–water partition coefficient (Wildman–Crippen LogP) is 4.00. The van der Waals surface area contributed by atoms with Crippen LogP contribution >= 0.6 is 11.6 Å². The summed E-state index contributed by atoms with van der Waals surface area (Å²) in [6.07, 6.45) is 0. The lowest BCUT2D eigenvalue weighted by Gasteiger charge is -2.31. The molecule has 0 spiro atoms. The van der Waals surface area contributed by atoms with Gasteiger partial charge in [0.2, 0.25) is 17.7 Å². The molecule has 6 nitrogen and oxygen atoms in total. The molecule has 0 aromatic heterocycles. The van der Waals surface area contributed by atoms with Crippen molar-refractivity contribution in [3.63, 3.8) is 0 Å². The van der Waals surface area contributed by atoms with E-state index in [1.54, 1.807) is 42.5 Å². The number of allylic oxidation sites excluding steroid dienone is 1. The molecule has 2 aromatic carbocycles. The lowest BCUT2D eigenvalue weighted by molar-refractivity contribution is -0.141. The van der Waals surface area contributed by atoms with Gasteiger partial charge in [0.15, 0.2) is 0 Å². The third-order valence-electron chi connectivity index (χ3n) is 4.41. The van der Waals surface area contributed by atoms with Crippen LogP contribution in [-0.2, 0) is 9.59 Å². The Bertz CT molecular complexity index is 1010. The minimum atomic E-state index is -0.545. The lowest BCUT2D eigenvalue weighted by atomic mass is 9.83. The van der Waals surface area contributed by atoms with Crippen LogP contribution in [-0.4, -0.2) is 23.8 Å². The minimum Gasteiger partial charge on any atom is -0.497 e. The van der Waals surface area contributed by atoms with Crippen LogP contribution < -0.4 is 9.47 Å². The van der Waals surface area contributed by atoms with Crippen LogP contribution in [0.4, 0.5) is 0 Å². The maximum Gasteiger partial charge on any atom is 0.233 e. The number of amides is 2. The van der Waals surface area contributed by atoms with Crippen molar-refractivity contribution in [2.75, 3.05) is 7.11 Å². The van der Waals surface area contributed by atoms with Crippen molar-refractivity contribution in [2.45, 2.75) is 19.8 Å². The molecule has 0 saturated carbocycles. The van der Waals surface area contributed by atoms with Gasteiger partial charge in [0.1, 0.15) is 23.1 Å². The van der Waals surface area contributed by atoms with Gasteiger partial charge in [-0.2, -0.15) is 5.26 Å². The number of nitriles is 1. The van der Waals surface area contributed by atoms with Crippen LogP contribution in [0, 0.1) is 11.3 Å². The van der Waals surface area contributed by atoms with Crippen molar-refractivity contribution in [1.29, 1.82) is 5.26 Å². The molecule has 7 heteroatoms. The van der Waals surface area contributed by atoms with Crippen molar-refractivity contribution < 1.29 is 19.1 Å². The second kappa shape index (κ2) is 7.75. The third-order valence-corrected chi connectivity index (χ3v) is 4.67. The summed E-state index contributed by atoms with van der Waals surface area (Å²) in [5, 5.41) is 10.5. The number of carbonyl (C=O) groups is 2. The fraction of sp³-hybridized carbons (Fsp3) is 0.190. The zero-order chi connectivity index (χ0) is 20.4. The Morgan fingerprint density at radius 2 is 1.79 bits per heavy atom. The van der Waals surface area contributed by atoms with Crippen LogP contribution in [0.5, 0.6) is 11.5 Å². The molecule has 1 atom stereocenters. The predicted molar refractivity (Wildman–Crippen MR) is 103 cm³/mol. The number of ether oxygens (including phenoxy) is 2. The lowest BCUT2D eigenvalue weighted by Crippen LogP contribution is -2.37. The van der Waals surface area contributed by atoms with Crippen molar-refractivity contribution in [3.8, 4) is 17.6 Å². The monoisotopic (exact) mass is 396 g/mol. The molecule has 2 aromatic rings. The van der Waals surface area contributed by atoms with Gasteiger partial charge in [-0.1, -0.05) is 29.8 Å². The maximum absolute atomic E-state index is 12.1. The van der Waals surface area contributed by atoms with E-state index in [0.717, 1.165) is 16.0 Å². The Morgan fingerprint density at radius 1 is 1.14 bits per heavy atom. The Labute approximate surface area is 167 Å². The van der Waals surface area contributed by atoms with E-state index in [9.17, 15) is 14.9 Å². The summed E-state index contributed by atoms with van der Waals surface area (Å²) in [6.45, 7) is 2.48. The summed E-state index contributed by atoms with van der Waals surface area (Å²) in [4.78, 5) is 25.1. The molecule has 142 valence electrons. The molecule has 0 aliphatic carbocycles. The Kier molecular flexibility index (Phi) is 5.39. The largest absolute Gasteiger partial charge is 0.497 e. The second-order valence-electron chi connectivity index (χ2n) is 6.19. The molecule has 0 saturated heterocycles. The van der Waals surface area contributed by atoms with Crippen LogP contribution in [0.15, 0.2) is 53.9 Å². The zero-order valence-corrected chi connectivity index (χ0v) is 16.3. The highest BCUT2D eigenvalue weighted by atomic mass is 35.5. The molecular weight excluding hydrogens is 380 g/mol. The first-order valence-electron chi connectivity index (χ1n) is 8.44. The highest BCUT2D eigenvalue weighted by Crippen LogP contribution is 2.45. The second-order valence-corrected chi connectivity index (χ2v) is 6.63. The number of benzene rings is 2. The zero-order valence-electron chi connectivity index (χ0n) is 15.5. The van der Waals surface area contributed by atoms with Gasteiger partial charge in [-0.25, -0.2) is 4.90 Å². The Balaban J connectivity index is 2.29. The van der Waals surface area contributed by atoms with Gasteiger partial charge in [0, 0.05) is 30.5 Å². The number of hydrogen-bond donors (Lipinski definition) is 0. The maximum atomic E-state index is 12.1. The van der Waals surface area contributed by atoms with Crippen molar-refractivity contribution in [1.82, 2.24) is 4.90 Å². The number of methoxy groups -OCH3 is 1. The van der Waals surface area contributed by atoms with Crippen LogP contribution in [0.25, 0.3) is 0 Å². The summed E-state index contributed by atoms with van der Waals surface area (Å²) < 4.78 is 11.1. The van der Waals surface area contributed by atoms with Crippen LogP contribution in [0.2, 0.25) is 5.02 Å². The number of carbonyl (C=O) groups excluding carboxylic acids is 2. The van der Waals surface area contributed by atoms with Crippen LogP contribution in [0.3, 0.4) is 0 Å². The number of nitrogens with zero attached hydrogens (tertiary/aromatic N) is 2. The molecule has 1 unspecified atom stereocenters. The number of rotatable bonds is 3. The fourth-order valence-corrected chi connectivity index (χ4v) is 3.32. The smallest absolute Gasteiger partial charge is 0.233 e. The first kappa shape index (κ1) is 19.5. The van der Waals surface area contributed by atoms with Gasteiger partial charge in [-0.15, -0.1) is 0 Å². The summed E-state index contributed by atoms with van der Waals surface area (Å²) in [5.74, 6) is -0.768. The molecule has 2 amide bonds. The molecule has 3 rings (SSSR count). The van der Waals surface area contributed by atoms with Gasteiger partial charge in [0.25, 0.3) is 0 Å². The first-order valence-corrected chi connectivity index (χ1v) is 8.82. The third kappa shape index (κ3) is 3.45. The molecule has 0 radical (unpaired) electrons. The van der Waals surface area contributed by atoms with E-state index in [1.807, 2.05) is 0 Å². The number of fused-ring (bicyclic) bond motifs is 1. The highest BCUT2D eigenvalue weighted by molar-refractivity contribution is 6.30. The van der Waals surface area contributed by atoms with Crippen molar-refractivity contribution in [3.05, 3.63) is 70.1 Å². The average Bonchev–Trinajstić information content (AvgIpc) is 2.66. The van der Waals surface area contributed by atoms with E-state index < -0.39 is 17.7 Å².